The highest BCUT2D eigenvalue weighted by atomic mass is 35.5. The van der Waals surface area contributed by atoms with Crippen molar-refractivity contribution in [2.24, 2.45) is 11.7 Å². The second-order valence-corrected chi connectivity index (χ2v) is 6.48. The summed E-state index contributed by atoms with van der Waals surface area (Å²) in [5, 5.41) is 0.798. The van der Waals surface area contributed by atoms with E-state index in [1.54, 1.807) is 11.3 Å². The predicted molar refractivity (Wildman–Crippen MR) is 81.3 cm³/mol. The molecule has 3 heteroatoms. The summed E-state index contributed by atoms with van der Waals surface area (Å²) in [5.74, 6) is 0.449. The second kappa shape index (κ2) is 5.43. The zero-order chi connectivity index (χ0) is 13.3. The van der Waals surface area contributed by atoms with Crippen LogP contribution < -0.4 is 5.73 Å². The third kappa shape index (κ3) is 2.77. The quantitative estimate of drug-likeness (QED) is 0.837. The number of halogens is 1. The Balaban J connectivity index is 2.38. The average Bonchev–Trinajstić information content (AvgIpc) is 2.80. The van der Waals surface area contributed by atoms with Gasteiger partial charge in [-0.3, -0.25) is 0 Å². The molecule has 0 amide bonds. The van der Waals surface area contributed by atoms with E-state index in [-0.39, 0.29) is 6.04 Å². The third-order valence-corrected chi connectivity index (χ3v) is 4.61. The number of thiophene rings is 1. The van der Waals surface area contributed by atoms with E-state index in [1.807, 2.05) is 12.1 Å². The van der Waals surface area contributed by atoms with Crippen LogP contribution in [0.2, 0.25) is 5.02 Å². The molecule has 2 N–H and O–H groups in total. The van der Waals surface area contributed by atoms with Crippen molar-refractivity contribution in [3.05, 3.63) is 45.8 Å². The van der Waals surface area contributed by atoms with Crippen LogP contribution in [0.4, 0.5) is 0 Å². The second-order valence-electron chi connectivity index (χ2n) is 4.96. The molecule has 96 valence electrons. The Morgan fingerprint density at radius 2 is 1.89 bits per heavy atom. The summed E-state index contributed by atoms with van der Waals surface area (Å²) >= 11 is 7.99. The van der Waals surface area contributed by atoms with E-state index >= 15 is 0 Å². The Bertz CT molecular complexity index is 545. The molecular weight excluding hydrogens is 262 g/mol. The maximum Gasteiger partial charge on any atom is 0.0492 e. The Morgan fingerprint density at radius 1 is 1.17 bits per heavy atom. The number of benzene rings is 1. The SMILES string of the molecule is Cc1ccc(Cl)c(-c2ccc(C(N)C(C)C)s2)c1. The van der Waals surface area contributed by atoms with Gasteiger partial charge in [0, 0.05) is 26.4 Å². The Morgan fingerprint density at radius 3 is 2.56 bits per heavy atom. The predicted octanol–water partition coefficient (Wildman–Crippen LogP) is 5.03. The molecule has 1 nitrogen and oxygen atoms in total. The molecular formula is C15H18ClNS. The number of nitrogens with two attached hydrogens (primary N) is 1. The molecule has 1 unspecified atom stereocenters. The van der Waals surface area contributed by atoms with E-state index < -0.39 is 0 Å². The van der Waals surface area contributed by atoms with Gasteiger partial charge >= 0.3 is 0 Å². The molecule has 1 atom stereocenters. The lowest BCUT2D eigenvalue weighted by Gasteiger charge is -2.13. The van der Waals surface area contributed by atoms with Crippen LogP contribution in [-0.2, 0) is 0 Å². The van der Waals surface area contributed by atoms with Gasteiger partial charge in [-0.05, 0) is 37.1 Å². The van der Waals surface area contributed by atoms with Gasteiger partial charge in [-0.1, -0.05) is 37.1 Å². The van der Waals surface area contributed by atoms with E-state index in [2.05, 4.69) is 39.0 Å². The van der Waals surface area contributed by atoms with Gasteiger partial charge in [0.05, 0.1) is 0 Å². The van der Waals surface area contributed by atoms with Crippen LogP contribution in [0.1, 0.15) is 30.3 Å². The van der Waals surface area contributed by atoms with Crippen molar-refractivity contribution < 1.29 is 0 Å². The molecule has 1 heterocycles. The van der Waals surface area contributed by atoms with Gasteiger partial charge in [0.1, 0.15) is 0 Å². The summed E-state index contributed by atoms with van der Waals surface area (Å²) in [6.07, 6.45) is 0. The van der Waals surface area contributed by atoms with Gasteiger partial charge in [0.15, 0.2) is 0 Å². The van der Waals surface area contributed by atoms with E-state index in [0.717, 1.165) is 10.6 Å². The van der Waals surface area contributed by atoms with Crippen LogP contribution >= 0.6 is 22.9 Å². The summed E-state index contributed by atoms with van der Waals surface area (Å²) in [6, 6.07) is 10.4. The first-order chi connectivity index (χ1) is 8.49. The summed E-state index contributed by atoms with van der Waals surface area (Å²) in [4.78, 5) is 2.41. The topological polar surface area (TPSA) is 26.0 Å². The first kappa shape index (κ1) is 13.6. The maximum absolute atomic E-state index is 6.26. The normalized spacial score (nSPS) is 13.0. The molecule has 18 heavy (non-hydrogen) atoms. The lowest BCUT2D eigenvalue weighted by molar-refractivity contribution is 0.521. The number of hydrogen-bond donors (Lipinski definition) is 1. The molecule has 2 rings (SSSR count). The van der Waals surface area contributed by atoms with Crippen LogP contribution in [0.25, 0.3) is 10.4 Å². The average molecular weight is 280 g/mol. The van der Waals surface area contributed by atoms with Gasteiger partial charge < -0.3 is 5.73 Å². The van der Waals surface area contributed by atoms with E-state index in [9.17, 15) is 0 Å². The fourth-order valence-electron chi connectivity index (χ4n) is 1.83. The monoisotopic (exact) mass is 279 g/mol. The smallest absolute Gasteiger partial charge is 0.0492 e. The molecule has 2 aromatic rings. The van der Waals surface area contributed by atoms with Crippen molar-refractivity contribution >= 4 is 22.9 Å². The van der Waals surface area contributed by atoms with Crippen LogP contribution in [0.15, 0.2) is 30.3 Å². The van der Waals surface area contributed by atoms with Crippen molar-refractivity contribution in [3.8, 4) is 10.4 Å². The first-order valence-electron chi connectivity index (χ1n) is 6.11. The Labute approximate surface area is 118 Å². The summed E-state index contributed by atoms with van der Waals surface area (Å²) < 4.78 is 0. The highest BCUT2D eigenvalue weighted by Crippen LogP contribution is 2.36. The van der Waals surface area contributed by atoms with E-state index in [4.69, 9.17) is 17.3 Å². The van der Waals surface area contributed by atoms with Gasteiger partial charge in [-0.2, -0.15) is 0 Å². The van der Waals surface area contributed by atoms with Crippen molar-refractivity contribution in [1.82, 2.24) is 0 Å². The molecule has 0 bridgehead atoms. The van der Waals surface area contributed by atoms with Crippen molar-refractivity contribution in [2.75, 3.05) is 0 Å². The highest BCUT2D eigenvalue weighted by Gasteiger charge is 2.14. The fourth-order valence-corrected chi connectivity index (χ4v) is 3.32. The lowest BCUT2D eigenvalue weighted by atomic mass is 10.0. The van der Waals surface area contributed by atoms with Crippen LogP contribution in [-0.4, -0.2) is 0 Å². The maximum atomic E-state index is 6.26. The molecule has 0 aliphatic rings. The van der Waals surface area contributed by atoms with Gasteiger partial charge in [-0.15, -0.1) is 11.3 Å². The lowest BCUT2D eigenvalue weighted by Crippen LogP contribution is -2.14. The number of aryl methyl sites for hydroxylation is 1. The fraction of sp³-hybridized carbons (Fsp3) is 0.333. The molecule has 0 fully saturated rings. The van der Waals surface area contributed by atoms with Gasteiger partial charge in [0.25, 0.3) is 0 Å². The van der Waals surface area contributed by atoms with Crippen molar-refractivity contribution in [2.45, 2.75) is 26.8 Å². The van der Waals surface area contributed by atoms with Crippen LogP contribution in [0.5, 0.6) is 0 Å². The largest absolute Gasteiger partial charge is 0.323 e. The van der Waals surface area contributed by atoms with Gasteiger partial charge in [0.2, 0.25) is 0 Å². The van der Waals surface area contributed by atoms with Gasteiger partial charge in [-0.25, -0.2) is 0 Å². The molecule has 0 spiro atoms. The Kier molecular flexibility index (Phi) is 4.10. The molecule has 1 aromatic carbocycles. The third-order valence-electron chi connectivity index (χ3n) is 3.06. The van der Waals surface area contributed by atoms with Crippen molar-refractivity contribution in [1.29, 1.82) is 0 Å². The van der Waals surface area contributed by atoms with E-state index in [0.29, 0.717) is 5.92 Å². The number of hydrogen-bond acceptors (Lipinski definition) is 2. The highest BCUT2D eigenvalue weighted by molar-refractivity contribution is 7.15. The molecule has 0 saturated carbocycles. The standard InChI is InChI=1S/C15H18ClNS/c1-9(2)15(17)14-7-6-13(18-14)11-8-10(3)4-5-12(11)16/h4-9,15H,17H2,1-3H3. The number of rotatable bonds is 3. The van der Waals surface area contributed by atoms with Crippen LogP contribution in [0, 0.1) is 12.8 Å². The minimum absolute atomic E-state index is 0.104. The summed E-state index contributed by atoms with van der Waals surface area (Å²) in [6.45, 7) is 6.36. The first-order valence-corrected chi connectivity index (χ1v) is 7.30. The molecule has 1 aromatic heterocycles. The summed E-state index contributed by atoms with van der Waals surface area (Å²) in [7, 11) is 0. The molecule has 0 radical (unpaired) electrons. The minimum atomic E-state index is 0.104. The zero-order valence-corrected chi connectivity index (χ0v) is 12.5. The Hall–Kier alpha value is -0.830. The molecule has 0 saturated heterocycles. The molecule has 0 aliphatic carbocycles. The van der Waals surface area contributed by atoms with E-state index in [1.165, 1.54) is 15.3 Å². The van der Waals surface area contributed by atoms with Crippen LogP contribution in [0.3, 0.4) is 0 Å². The van der Waals surface area contributed by atoms with Crippen molar-refractivity contribution in [3.63, 3.8) is 0 Å². The molecule has 0 aliphatic heterocycles. The summed E-state index contributed by atoms with van der Waals surface area (Å²) in [5.41, 5.74) is 8.50. The minimum Gasteiger partial charge on any atom is -0.323 e. The zero-order valence-electron chi connectivity index (χ0n) is 10.9.